The highest BCUT2D eigenvalue weighted by molar-refractivity contribution is 6.04. The van der Waals surface area contributed by atoms with Crippen LogP contribution in [0.15, 0.2) is 17.3 Å². The van der Waals surface area contributed by atoms with Crippen molar-refractivity contribution in [1.29, 1.82) is 0 Å². The maximum Gasteiger partial charge on any atom is 0.231 e. The lowest BCUT2D eigenvalue weighted by Crippen LogP contribution is -1.94. The summed E-state index contributed by atoms with van der Waals surface area (Å²) in [6.45, 7) is 0.282. The number of nitrogens with zero attached hydrogens (tertiary/aromatic N) is 1. The first-order chi connectivity index (χ1) is 6.88. The van der Waals surface area contributed by atoms with Crippen molar-refractivity contribution in [2.45, 2.75) is 12.8 Å². The molecule has 1 N–H and O–H groups in total. The minimum absolute atomic E-state index is 0.282. The first kappa shape index (κ1) is 7.67. The largest absolute Gasteiger partial charge is 0.454 e. The third-order valence-corrected chi connectivity index (χ3v) is 2.66. The molecule has 0 amide bonds. The number of ether oxygens (including phenoxy) is 2. The average molecular weight is 191 g/mol. The van der Waals surface area contributed by atoms with Crippen LogP contribution >= 0.6 is 0 Å². The average Bonchev–Trinajstić information content (AvgIpc) is 2.78. The Morgan fingerprint density at radius 2 is 1.93 bits per heavy atom. The number of aryl methyl sites for hydroxylation is 1. The molecule has 14 heavy (non-hydrogen) atoms. The zero-order valence-electron chi connectivity index (χ0n) is 7.49. The Kier molecular flexibility index (Phi) is 1.45. The maximum absolute atomic E-state index is 8.78. The van der Waals surface area contributed by atoms with Crippen LogP contribution in [0.1, 0.15) is 17.5 Å². The van der Waals surface area contributed by atoms with Gasteiger partial charge in [-0.2, -0.15) is 0 Å². The molecule has 1 aromatic carbocycles. The Bertz CT molecular complexity index is 426. The van der Waals surface area contributed by atoms with Gasteiger partial charge in [0.1, 0.15) is 0 Å². The summed E-state index contributed by atoms with van der Waals surface area (Å²) in [6, 6.07) is 3.86. The second kappa shape index (κ2) is 2.64. The number of rotatable bonds is 0. The Morgan fingerprint density at radius 1 is 1.14 bits per heavy atom. The third kappa shape index (κ3) is 0.907. The van der Waals surface area contributed by atoms with Crippen molar-refractivity contribution in [3.63, 3.8) is 0 Å². The molecule has 1 aromatic rings. The normalized spacial score (nSPS) is 20.1. The van der Waals surface area contributed by atoms with Crippen LogP contribution in [-0.2, 0) is 6.42 Å². The molecule has 0 fully saturated rings. The van der Waals surface area contributed by atoms with Crippen molar-refractivity contribution in [1.82, 2.24) is 0 Å². The summed E-state index contributed by atoms with van der Waals surface area (Å²) in [5.41, 5.74) is 2.89. The second-order valence-corrected chi connectivity index (χ2v) is 3.41. The van der Waals surface area contributed by atoms with Gasteiger partial charge in [0.05, 0.1) is 5.71 Å². The maximum atomic E-state index is 8.78. The Balaban J connectivity index is 2.18. The molecule has 1 heterocycles. The number of oxime groups is 1. The van der Waals surface area contributed by atoms with Gasteiger partial charge < -0.3 is 14.7 Å². The molecular weight excluding hydrogens is 182 g/mol. The van der Waals surface area contributed by atoms with Crippen molar-refractivity contribution < 1.29 is 14.7 Å². The van der Waals surface area contributed by atoms with E-state index in [1.54, 1.807) is 0 Å². The highest BCUT2D eigenvalue weighted by Gasteiger charge is 2.24. The fraction of sp³-hybridized carbons (Fsp3) is 0.300. The summed E-state index contributed by atoms with van der Waals surface area (Å²) in [4.78, 5) is 0. The fourth-order valence-corrected chi connectivity index (χ4v) is 1.95. The second-order valence-electron chi connectivity index (χ2n) is 3.41. The third-order valence-electron chi connectivity index (χ3n) is 2.66. The lowest BCUT2D eigenvalue weighted by Gasteiger charge is -2.01. The van der Waals surface area contributed by atoms with Gasteiger partial charge in [0, 0.05) is 5.56 Å². The standard InChI is InChI=1S/C10H9NO3/c12-11-8-2-1-6-3-9-10(4-7(6)8)14-5-13-9/h3-4,12H,1-2,5H2. The van der Waals surface area contributed by atoms with Crippen LogP contribution in [0.4, 0.5) is 0 Å². The highest BCUT2D eigenvalue weighted by Crippen LogP contribution is 2.37. The summed E-state index contributed by atoms with van der Waals surface area (Å²) >= 11 is 0. The van der Waals surface area contributed by atoms with Crippen LogP contribution in [0.25, 0.3) is 0 Å². The Morgan fingerprint density at radius 3 is 2.71 bits per heavy atom. The lowest BCUT2D eigenvalue weighted by molar-refractivity contribution is 0.174. The lowest BCUT2D eigenvalue weighted by atomic mass is 10.1. The van der Waals surface area contributed by atoms with E-state index < -0.39 is 0 Å². The molecule has 0 bridgehead atoms. The smallest absolute Gasteiger partial charge is 0.231 e. The molecule has 0 spiro atoms. The molecule has 1 aliphatic heterocycles. The van der Waals surface area contributed by atoms with Crippen molar-refractivity contribution in [3.05, 3.63) is 23.3 Å². The Labute approximate surface area is 80.8 Å². The predicted molar refractivity (Wildman–Crippen MR) is 49.2 cm³/mol. The summed E-state index contributed by atoms with van der Waals surface area (Å²) in [7, 11) is 0. The summed E-state index contributed by atoms with van der Waals surface area (Å²) in [5.74, 6) is 1.54. The van der Waals surface area contributed by atoms with Crippen molar-refractivity contribution in [2.75, 3.05) is 6.79 Å². The van der Waals surface area contributed by atoms with E-state index in [2.05, 4.69) is 5.16 Å². The van der Waals surface area contributed by atoms with E-state index >= 15 is 0 Å². The van der Waals surface area contributed by atoms with Crippen molar-refractivity contribution >= 4 is 5.71 Å². The summed E-state index contributed by atoms with van der Waals surface area (Å²) in [6.07, 6.45) is 1.69. The van der Waals surface area contributed by atoms with Gasteiger partial charge in [-0.25, -0.2) is 0 Å². The van der Waals surface area contributed by atoms with E-state index in [1.807, 2.05) is 12.1 Å². The SMILES string of the molecule is ON=C1CCc2cc3c(cc21)OCO3. The first-order valence-corrected chi connectivity index (χ1v) is 4.52. The topological polar surface area (TPSA) is 51.1 Å². The quantitative estimate of drug-likeness (QED) is 0.500. The van der Waals surface area contributed by atoms with Crippen LogP contribution in [0.2, 0.25) is 0 Å². The zero-order valence-corrected chi connectivity index (χ0v) is 7.49. The van der Waals surface area contributed by atoms with Gasteiger partial charge in [-0.05, 0) is 30.5 Å². The number of benzene rings is 1. The van der Waals surface area contributed by atoms with Gasteiger partial charge in [0.25, 0.3) is 0 Å². The van der Waals surface area contributed by atoms with Gasteiger partial charge in [0.15, 0.2) is 11.5 Å². The molecule has 4 nitrogen and oxygen atoms in total. The number of fused-ring (bicyclic) bond motifs is 2. The number of hydrogen-bond acceptors (Lipinski definition) is 4. The summed E-state index contributed by atoms with van der Waals surface area (Å²) in [5, 5.41) is 12.1. The first-order valence-electron chi connectivity index (χ1n) is 4.52. The zero-order chi connectivity index (χ0) is 9.54. The summed E-state index contributed by atoms with van der Waals surface area (Å²) < 4.78 is 10.5. The van der Waals surface area contributed by atoms with Crippen LogP contribution in [-0.4, -0.2) is 17.7 Å². The molecule has 0 saturated carbocycles. The van der Waals surface area contributed by atoms with Crippen molar-refractivity contribution in [2.24, 2.45) is 5.16 Å². The van der Waals surface area contributed by atoms with Crippen LogP contribution < -0.4 is 9.47 Å². The van der Waals surface area contributed by atoms with E-state index in [4.69, 9.17) is 14.7 Å². The molecule has 1 aliphatic carbocycles. The highest BCUT2D eigenvalue weighted by atomic mass is 16.7. The van der Waals surface area contributed by atoms with Crippen LogP contribution in [0, 0.1) is 0 Å². The molecule has 4 heteroatoms. The van der Waals surface area contributed by atoms with E-state index in [0.717, 1.165) is 35.6 Å². The van der Waals surface area contributed by atoms with Crippen LogP contribution in [0.5, 0.6) is 11.5 Å². The van der Waals surface area contributed by atoms with E-state index in [1.165, 1.54) is 5.56 Å². The fourth-order valence-electron chi connectivity index (χ4n) is 1.95. The van der Waals surface area contributed by atoms with E-state index in [9.17, 15) is 0 Å². The molecule has 3 rings (SSSR count). The Hall–Kier alpha value is -1.71. The van der Waals surface area contributed by atoms with E-state index in [-0.39, 0.29) is 6.79 Å². The molecular formula is C10H9NO3. The minimum Gasteiger partial charge on any atom is -0.454 e. The predicted octanol–water partition coefficient (Wildman–Crippen LogP) is 1.54. The van der Waals surface area contributed by atoms with Gasteiger partial charge in [-0.15, -0.1) is 0 Å². The molecule has 0 unspecified atom stereocenters. The monoisotopic (exact) mass is 191 g/mol. The molecule has 2 aliphatic rings. The van der Waals surface area contributed by atoms with Gasteiger partial charge >= 0.3 is 0 Å². The van der Waals surface area contributed by atoms with Crippen LogP contribution in [0.3, 0.4) is 0 Å². The van der Waals surface area contributed by atoms with Gasteiger partial charge in [0.2, 0.25) is 6.79 Å². The molecule has 0 saturated heterocycles. The van der Waals surface area contributed by atoms with Gasteiger partial charge in [-0.3, -0.25) is 0 Å². The van der Waals surface area contributed by atoms with Crippen molar-refractivity contribution in [3.8, 4) is 11.5 Å². The molecule has 0 aromatic heterocycles. The molecule has 0 atom stereocenters. The molecule has 0 radical (unpaired) electrons. The van der Waals surface area contributed by atoms with E-state index in [0.29, 0.717) is 0 Å². The van der Waals surface area contributed by atoms with Gasteiger partial charge in [-0.1, -0.05) is 5.16 Å². The number of hydrogen-bond donors (Lipinski definition) is 1. The minimum atomic E-state index is 0.282. The molecule has 72 valence electrons.